The summed E-state index contributed by atoms with van der Waals surface area (Å²) < 4.78 is 34.0. The number of ether oxygens (including phenoxy) is 6. The number of rotatable bonds is 10. The van der Waals surface area contributed by atoms with Gasteiger partial charge >= 0.3 is 5.97 Å². The molecule has 1 N–H and O–H groups in total. The van der Waals surface area contributed by atoms with Crippen molar-refractivity contribution in [2.45, 2.75) is 44.1 Å². The molecule has 0 radical (unpaired) electrons. The van der Waals surface area contributed by atoms with Gasteiger partial charge in [-0.25, -0.2) is 0 Å². The highest BCUT2D eigenvalue weighted by atomic mass is 35.5. The minimum absolute atomic E-state index is 0.0210. The first kappa shape index (κ1) is 32.2. The number of benzene rings is 3. The van der Waals surface area contributed by atoms with Gasteiger partial charge in [-0.15, -0.1) is 0 Å². The number of aliphatic hydroxyl groups is 1. The molecule has 2 heterocycles. The molecular weight excluding hydrogens is 628 g/mol. The van der Waals surface area contributed by atoms with E-state index in [1.54, 1.807) is 31.2 Å². The van der Waals surface area contributed by atoms with Crippen LogP contribution in [-0.4, -0.2) is 62.8 Å². The largest absolute Gasteiger partial charge is 0.507 e. The van der Waals surface area contributed by atoms with E-state index in [4.69, 9.17) is 40.0 Å². The molecule has 3 unspecified atom stereocenters. The zero-order valence-electron chi connectivity index (χ0n) is 26.5. The number of hydrogen-bond donors (Lipinski definition) is 1. The maximum absolute atomic E-state index is 14.3. The Balaban J connectivity index is 1.40. The molecule has 246 valence electrons. The lowest BCUT2D eigenvalue weighted by molar-refractivity contribution is -0.140. The first-order valence-corrected chi connectivity index (χ1v) is 15.7. The number of methoxy groups -OCH3 is 3. The van der Waals surface area contributed by atoms with Crippen molar-refractivity contribution in [3.05, 3.63) is 87.1 Å². The smallest absolute Gasteiger partial charge is 0.306 e. The number of halogens is 1. The SMILES string of the molecule is COC(=O)CC(C1=C(O)C2(Oc3c(Cl)c(OC)cc(OC)c3C2=O)C(C)CC1=O)c1ccccc1OCCc1ccc2c(c1)CCO2. The second-order valence-electron chi connectivity index (χ2n) is 11.8. The van der Waals surface area contributed by atoms with Crippen LogP contribution in [0.4, 0.5) is 0 Å². The van der Waals surface area contributed by atoms with Gasteiger partial charge in [0, 0.05) is 48.3 Å². The van der Waals surface area contributed by atoms with Crippen LogP contribution < -0.4 is 23.7 Å². The second-order valence-corrected chi connectivity index (χ2v) is 12.1. The van der Waals surface area contributed by atoms with Crippen molar-refractivity contribution in [3.8, 4) is 28.7 Å². The van der Waals surface area contributed by atoms with Gasteiger partial charge in [0.05, 0.1) is 41.0 Å². The summed E-state index contributed by atoms with van der Waals surface area (Å²) in [6.45, 7) is 2.62. The monoisotopic (exact) mass is 662 g/mol. The lowest BCUT2D eigenvalue weighted by atomic mass is 9.69. The lowest BCUT2D eigenvalue weighted by Crippen LogP contribution is -2.53. The summed E-state index contributed by atoms with van der Waals surface area (Å²) in [4.78, 5) is 41.0. The molecule has 0 saturated carbocycles. The Bertz CT molecular complexity index is 1800. The Morgan fingerprint density at radius 1 is 1.06 bits per heavy atom. The van der Waals surface area contributed by atoms with Gasteiger partial charge in [0.2, 0.25) is 11.4 Å². The zero-order valence-corrected chi connectivity index (χ0v) is 27.3. The molecule has 3 atom stereocenters. The second kappa shape index (κ2) is 12.8. The van der Waals surface area contributed by atoms with Crippen molar-refractivity contribution in [2.24, 2.45) is 5.92 Å². The molecule has 1 aliphatic carbocycles. The zero-order chi connectivity index (χ0) is 33.5. The number of carbonyl (C=O) groups excluding carboxylic acids is 3. The number of allylic oxidation sites excluding steroid dienone is 1. The molecule has 0 bridgehead atoms. The molecule has 0 aromatic heterocycles. The Morgan fingerprint density at radius 3 is 2.57 bits per heavy atom. The molecule has 0 saturated heterocycles. The Labute approximate surface area is 277 Å². The minimum atomic E-state index is -2.00. The first-order chi connectivity index (χ1) is 22.6. The van der Waals surface area contributed by atoms with Crippen molar-refractivity contribution >= 4 is 29.1 Å². The summed E-state index contributed by atoms with van der Waals surface area (Å²) in [6.07, 6.45) is 0.997. The molecule has 11 heteroatoms. The summed E-state index contributed by atoms with van der Waals surface area (Å²) in [5.41, 5.74) is 0.601. The van der Waals surface area contributed by atoms with Gasteiger partial charge in [0.25, 0.3) is 0 Å². The van der Waals surface area contributed by atoms with Crippen LogP contribution in [-0.2, 0) is 27.2 Å². The van der Waals surface area contributed by atoms with Crippen LogP contribution in [0.3, 0.4) is 0 Å². The van der Waals surface area contributed by atoms with Crippen molar-refractivity contribution in [3.63, 3.8) is 0 Å². The number of para-hydroxylation sites is 1. The molecule has 3 aromatic rings. The number of esters is 1. The van der Waals surface area contributed by atoms with E-state index in [9.17, 15) is 19.5 Å². The third-order valence-corrected chi connectivity index (χ3v) is 9.51. The van der Waals surface area contributed by atoms with E-state index < -0.39 is 40.7 Å². The van der Waals surface area contributed by atoms with Gasteiger partial charge < -0.3 is 33.5 Å². The van der Waals surface area contributed by atoms with Crippen LogP contribution in [0.5, 0.6) is 28.7 Å². The molecule has 10 nitrogen and oxygen atoms in total. The highest BCUT2D eigenvalue weighted by Crippen LogP contribution is 2.56. The average Bonchev–Trinajstić information content (AvgIpc) is 3.67. The van der Waals surface area contributed by atoms with Gasteiger partial charge in [0.1, 0.15) is 33.6 Å². The van der Waals surface area contributed by atoms with E-state index >= 15 is 0 Å². The molecule has 3 aliphatic rings. The summed E-state index contributed by atoms with van der Waals surface area (Å²) in [7, 11) is 4.04. The maximum atomic E-state index is 14.3. The maximum Gasteiger partial charge on any atom is 0.306 e. The number of aliphatic hydroxyl groups excluding tert-OH is 1. The highest BCUT2D eigenvalue weighted by molar-refractivity contribution is 6.35. The summed E-state index contributed by atoms with van der Waals surface area (Å²) in [5.74, 6) is -2.46. The van der Waals surface area contributed by atoms with Crippen molar-refractivity contribution in [1.29, 1.82) is 0 Å². The number of fused-ring (bicyclic) bond motifs is 2. The third-order valence-electron chi connectivity index (χ3n) is 9.15. The van der Waals surface area contributed by atoms with Crippen molar-refractivity contribution < 1.29 is 47.9 Å². The normalized spacial score (nSPS) is 20.3. The standard InChI is InChI=1S/C36H35ClO10/c1-19-15-24(38)30(34(40)36(19)35(41)31-27(42-2)18-28(43-3)32(37)33(31)47-36)23(17-29(39)44-4)22-7-5-6-8-26(22)46-13-11-20-9-10-25-21(16-20)12-14-45-25/h5-10,16,18-19,23,40H,11-15,17H2,1-4H3. The highest BCUT2D eigenvalue weighted by Gasteiger charge is 2.61. The van der Waals surface area contributed by atoms with Crippen LogP contribution in [0.15, 0.2) is 59.9 Å². The lowest BCUT2D eigenvalue weighted by Gasteiger charge is -2.38. The molecule has 0 amide bonds. The number of hydrogen-bond acceptors (Lipinski definition) is 10. The number of Topliss-reactive ketones (excluding diaryl/α,β-unsaturated/α-hetero) is 2. The summed E-state index contributed by atoms with van der Waals surface area (Å²) in [6, 6.07) is 14.5. The third kappa shape index (κ3) is 5.44. The first-order valence-electron chi connectivity index (χ1n) is 15.3. The molecule has 2 aliphatic heterocycles. The van der Waals surface area contributed by atoms with Crippen molar-refractivity contribution in [2.75, 3.05) is 34.5 Å². The summed E-state index contributed by atoms with van der Waals surface area (Å²) in [5, 5.41) is 12.1. The number of carbonyl (C=O) groups is 3. The van der Waals surface area contributed by atoms with Gasteiger partial charge in [-0.3, -0.25) is 14.4 Å². The van der Waals surface area contributed by atoms with Gasteiger partial charge in [0.15, 0.2) is 17.3 Å². The fourth-order valence-corrected chi connectivity index (χ4v) is 6.99. The Hall–Kier alpha value is -4.70. The van der Waals surface area contributed by atoms with E-state index in [-0.39, 0.29) is 46.2 Å². The Kier molecular flexibility index (Phi) is 8.80. The molecule has 0 fully saturated rings. The quantitative estimate of drug-likeness (QED) is 0.259. The minimum Gasteiger partial charge on any atom is -0.507 e. The van der Waals surface area contributed by atoms with Crippen LogP contribution in [0.2, 0.25) is 5.02 Å². The molecule has 1 spiro atoms. The van der Waals surface area contributed by atoms with Crippen LogP contribution in [0, 0.1) is 5.92 Å². The number of ketones is 2. The van der Waals surface area contributed by atoms with Gasteiger partial charge in [-0.2, -0.15) is 0 Å². The van der Waals surface area contributed by atoms with E-state index in [2.05, 4.69) is 6.07 Å². The predicted molar refractivity (Wildman–Crippen MR) is 171 cm³/mol. The van der Waals surface area contributed by atoms with Crippen LogP contribution in [0.1, 0.15) is 52.7 Å². The van der Waals surface area contributed by atoms with Gasteiger partial charge in [-0.05, 0) is 23.3 Å². The topological polar surface area (TPSA) is 127 Å². The molecule has 47 heavy (non-hydrogen) atoms. The van der Waals surface area contributed by atoms with Crippen molar-refractivity contribution in [1.82, 2.24) is 0 Å². The van der Waals surface area contributed by atoms with E-state index in [0.29, 0.717) is 30.9 Å². The van der Waals surface area contributed by atoms with Crippen LogP contribution in [0.25, 0.3) is 0 Å². The predicted octanol–water partition coefficient (Wildman–Crippen LogP) is 6.00. The molecule has 3 aromatic carbocycles. The van der Waals surface area contributed by atoms with E-state index in [0.717, 1.165) is 23.3 Å². The fraction of sp³-hybridized carbons (Fsp3) is 0.361. The van der Waals surface area contributed by atoms with E-state index in [1.807, 2.05) is 12.1 Å². The molecule has 6 rings (SSSR count). The average molecular weight is 663 g/mol. The van der Waals surface area contributed by atoms with Gasteiger partial charge in [-0.1, -0.05) is 48.9 Å². The Morgan fingerprint density at radius 2 is 1.83 bits per heavy atom. The van der Waals surface area contributed by atoms with Crippen LogP contribution >= 0.6 is 11.6 Å². The molecular formula is C36H35ClO10. The summed E-state index contributed by atoms with van der Waals surface area (Å²) >= 11 is 6.59. The van der Waals surface area contributed by atoms with E-state index in [1.165, 1.54) is 27.4 Å². The fourth-order valence-electron chi connectivity index (χ4n) is 6.73.